The average molecular weight is 361 g/mol. The van der Waals surface area contributed by atoms with Gasteiger partial charge in [-0.05, 0) is 48.3 Å². The van der Waals surface area contributed by atoms with Gasteiger partial charge in [-0.1, -0.05) is 42.8 Å². The molecular formula is C15H25BrOSSi. The molecule has 1 nitrogen and oxygen atoms in total. The Balaban J connectivity index is 2.73. The lowest BCUT2D eigenvalue weighted by Gasteiger charge is -2.37. The largest absolute Gasteiger partial charge is 0.415 e. The van der Waals surface area contributed by atoms with Gasteiger partial charge in [-0.2, -0.15) is 12.6 Å². The fourth-order valence-electron chi connectivity index (χ4n) is 1.61. The Hall–Kier alpha value is 0.227. The second-order valence-electron chi connectivity index (χ2n) is 6.59. The van der Waals surface area contributed by atoms with Gasteiger partial charge in [0.2, 0.25) is 0 Å². The first kappa shape index (κ1) is 17.3. The molecule has 0 saturated heterocycles. The molecule has 0 aliphatic carbocycles. The molecule has 0 bridgehead atoms. The molecule has 4 heteroatoms. The molecule has 1 atom stereocenters. The first-order valence-electron chi connectivity index (χ1n) is 6.62. The number of aryl methyl sites for hydroxylation is 1. The van der Waals surface area contributed by atoms with E-state index in [1.165, 1.54) is 11.1 Å². The van der Waals surface area contributed by atoms with Gasteiger partial charge in [-0.15, -0.1) is 0 Å². The third kappa shape index (κ3) is 4.62. The summed E-state index contributed by atoms with van der Waals surface area (Å²) in [6, 6.07) is 6.33. The Bertz CT molecular complexity index is 440. The Morgan fingerprint density at radius 1 is 1.32 bits per heavy atom. The summed E-state index contributed by atoms with van der Waals surface area (Å²) in [5.41, 5.74) is 2.51. The molecule has 0 aromatic heterocycles. The second kappa shape index (κ2) is 6.33. The highest BCUT2D eigenvalue weighted by molar-refractivity contribution is 9.10. The molecule has 1 rings (SSSR count). The SMILES string of the molecule is Cc1cc(Br)ccc1C(S)CO[Si](C)(C)C(C)(C)C. The van der Waals surface area contributed by atoms with Crippen molar-refractivity contribution in [1.29, 1.82) is 0 Å². The highest BCUT2D eigenvalue weighted by Gasteiger charge is 2.37. The molecule has 0 fully saturated rings. The zero-order valence-corrected chi connectivity index (χ0v) is 16.2. The first-order valence-corrected chi connectivity index (χ1v) is 10.8. The summed E-state index contributed by atoms with van der Waals surface area (Å²) in [4.78, 5) is 0. The van der Waals surface area contributed by atoms with Gasteiger partial charge in [0.05, 0.1) is 0 Å². The third-order valence-electron chi connectivity index (χ3n) is 4.00. The maximum absolute atomic E-state index is 6.25. The van der Waals surface area contributed by atoms with Gasteiger partial charge in [0.1, 0.15) is 0 Å². The minimum Gasteiger partial charge on any atom is -0.415 e. The Kier molecular flexibility index (Phi) is 5.76. The fraction of sp³-hybridized carbons (Fsp3) is 0.600. The topological polar surface area (TPSA) is 9.23 Å². The normalized spacial score (nSPS) is 14.5. The van der Waals surface area contributed by atoms with Crippen molar-refractivity contribution < 1.29 is 4.43 Å². The highest BCUT2D eigenvalue weighted by Crippen LogP contribution is 2.38. The summed E-state index contributed by atoms with van der Waals surface area (Å²) in [5, 5.41) is 0.386. The molecule has 0 heterocycles. The van der Waals surface area contributed by atoms with Gasteiger partial charge in [0.15, 0.2) is 8.32 Å². The number of benzene rings is 1. The summed E-state index contributed by atoms with van der Waals surface area (Å²) < 4.78 is 7.36. The molecule has 1 aromatic carbocycles. The second-order valence-corrected chi connectivity index (χ2v) is 12.9. The van der Waals surface area contributed by atoms with E-state index < -0.39 is 8.32 Å². The van der Waals surface area contributed by atoms with Crippen molar-refractivity contribution in [3.05, 3.63) is 33.8 Å². The van der Waals surface area contributed by atoms with Crippen molar-refractivity contribution in [2.45, 2.75) is 51.1 Å². The Morgan fingerprint density at radius 2 is 1.89 bits per heavy atom. The van der Waals surface area contributed by atoms with Crippen LogP contribution in [0.1, 0.15) is 37.1 Å². The lowest BCUT2D eigenvalue weighted by atomic mass is 10.1. The average Bonchev–Trinajstić information content (AvgIpc) is 2.24. The number of halogens is 1. The van der Waals surface area contributed by atoms with Crippen molar-refractivity contribution in [1.82, 2.24) is 0 Å². The molecule has 108 valence electrons. The minimum atomic E-state index is -1.69. The number of hydrogen-bond donors (Lipinski definition) is 1. The van der Waals surface area contributed by atoms with Crippen LogP contribution in [0.15, 0.2) is 22.7 Å². The Labute approximate surface area is 132 Å². The minimum absolute atomic E-state index is 0.141. The maximum atomic E-state index is 6.25. The van der Waals surface area contributed by atoms with Crippen LogP contribution in [0.5, 0.6) is 0 Å². The molecule has 0 N–H and O–H groups in total. The van der Waals surface area contributed by atoms with Gasteiger partial charge in [-0.3, -0.25) is 0 Å². The molecule has 0 spiro atoms. The predicted molar refractivity (Wildman–Crippen MR) is 93.8 cm³/mol. The maximum Gasteiger partial charge on any atom is 0.192 e. The summed E-state index contributed by atoms with van der Waals surface area (Å²) in [6.45, 7) is 14.1. The van der Waals surface area contributed by atoms with E-state index in [0.29, 0.717) is 6.61 Å². The van der Waals surface area contributed by atoms with E-state index in [4.69, 9.17) is 17.1 Å². The van der Waals surface area contributed by atoms with E-state index in [1.54, 1.807) is 0 Å². The molecular weight excluding hydrogens is 336 g/mol. The third-order valence-corrected chi connectivity index (χ3v) is 9.42. The van der Waals surface area contributed by atoms with Gasteiger partial charge in [0.25, 0.3) is 0 Å². The molecule has 1 aromatic rings. The molecule has 0 saturated carbocycles. The smallest absolute Gasteiger partial charge is 0.192 e. The zero-order valence-electron chi connectivity index (χ0n) is 12.7. The van der Waals surface area contributed by atoms with Crippen LogP contribution in [0.3, 0.4) is 0 Å². The first-order chi connectivity index (χ1) is 8.54. The zero-order chi connectivity index (χ0) is 14.8. The number of rotatable bonds is 4. The predicted octanol–water partition coefficient (Wildman–Crippen LogP) is 5.75. The Morgan fingerprint density at radius 3 is 2.37 bits per heavy atom. The van der Waals surface area contributed by atoms with E-state index in [9.17, 15) is 0 Å². The van der Waals surface area contributed by atoms with Crippen molar-refractivity contribution in [3.8, 4) is 0 Å². The lowest BCUT2D eigenvalue weighted by molar-refractivity contribution is 0.289. The van der Waals surface area contributed by atoms with E-state index in [-0.39, 0.29) is 10.3 Å². The quantitative estimate of drug-likeness (QED) is 0.531. The van der Waals surface area contributed by atoms with Gasteiger partial charge in [-0.25, -0.2) is 0 Å². The standard InChI is InChI=1S/C15H25BrOSSi/c1-11-9-12(16)7-8-13(11)14(18)10-17-19(5,6)15(2,3)4/h7-9,14,18H,10H2,1-6H3. The van der Waals surface area contributed by atoms with Crippen molar-refractivity contribution >= 4 is 36.9 Å². The summed E-state index contributed by atoms with van der Waals surface area (Å²) in [7, 11) is -1.69. The van der Waals surface area contributed by atoms with Crippen LogP contribution in [0, 0.1) is 6.92 Å². The molecule has 0 aliphatic rings. The van der Waals surface area contributed by atoms with E-state index >= 15 is 0 Å². The van der Waals surface area contributed by atoms with Crippen LogP contribution in [0.4, 0.5) is 0 Å². The van der Waals surface area contributed by atoms with Gasteiger partial charge >= 0.3 is 0 Å². The molecule has 19 heavy (non-hydrogen) atoms. The van der Waals surface area contributed by atoms with Gasteiger partial charge in [0, 0.05) is 16.3 Å². The summed E-state index contributed by atoms with van der Waals surface area (Å²) >= 11 is 8.21. The van der Waals surface area contributed by atoms with E-state index in [0.717, 1.165) is 4.47 Å². The molecule has 0 radical (unpaired) electrons. The summed E-state index contributed by atoms with van der Waals surface area (Å²) in [5.74, 6) is 0. The molecule has 1 unspecified atom stereocenters. The summed E-state index contributed by atoms with van der Waals surface area (Å²) in [6.07, 6.45) is 0. The molecule has 0 aliphatic heterocycles. The van der Waals surface area contributed by atoms with Gasteiger partial charge < -0.3 is 4.43 Å². The lowest BCUT2D eigenvalue weighted by Crippen LogP contribution is -2.41. The van der Waals surface area contributed by atoms with Crippen LogP contribution in [-0.2, 0) is 4.43 Å². The number of hydrogen-bond acceptors (Lipinski definition) is 2. The number of thiol groups is 1. The van der Waals surface area contributed by atoms with Crippen LogP contribution < -0.4 is 0 Å². The van der Waals surface area contributed by atoms with Crippen molar-refractivity contribution in [3.63, 3.8) is 0 Å². The van der Waals surface area contributed by atoms with Crippen LogP contribution in [0.2, 0.25) is 18.1 Å². The van der Waals surface area contributed by atoms with Crippen molar-refractivity contribution in [2.75, 3.05) is 6.61 Å². The monoisotopic (exact) mass is 360 g/mol. The van der Waals surface area contributed by atoms with Crippen LogP contribution in [-0.4, -0.2) is 14.9 Å². The van der Waals surface area contributed by atoms with E-state index in [2.05, 4.69) is 74.9 Å². The van der Waals surface area contributed by atoms with Crippen LogP contribution >= 0.6 is 28.6 Å². The van der Waals surface area contributed by atoms with Crippen molar-refractivity contribution in [2.24, 2.45) is 0 Å². The fourth-order valence-corrected chi connectivity index (χ4v) is 3.60. The molecule has 0 amide bonds. The van der Waals surface area contributed by atoms with Crippen LogP contribution in [0.25, 0.3) is 0 Å². The van der Waals surface area contributed by atoms with E-state index in [1.807, 2.05) is 0 Å². The highest BCUT2D eigenvalue weighted by atomic mass is 79.9.